The van der Waals surface area contributed by atoms with Crippen LogP contribution in [0.2, 0.25) is 0 Å². The first-order chi connectivity index (χ1) is 22.2. The molecule has 0 bridgehead atoms. The minimum absolute atomic E-state index is 0.0459. The van der Waals surface area contributed by atoms with E-state index in [-0.39, 0.29) is 5.41 Å². The van der Waals surface area contributed by atoms with Crippen molar-refractivity contribution in [3.63, 3.8) is 0 Å². The molecular weight excluding hydrogens is 565 g/mol. The van der Waals surface area contributed by atoms with E-state index in [1.807, 2.05) is 36.4 Å². The van der Waals surface area contributed by atoms with Gasteiger partial charge in [0.05, 0.1) is 0 Å². The summed E-state index contributed by atoms with van der Waals surface area (Å²) >= 11 is 0. The monoisotopic (exact) mass is 604 g/mol. The molecule has 0 spiro atoms. The normalized spacial score (nSPS) is 14.5. The van der Waals surface area contributed by atoms with Gasteiger partial charge in [0.25, 0.3) is 0 Å². The fourth-order valence-corrected chi connectivity index (χ4v) is 9.84. The number of benzene rings is 6. The molecule has 0 radical (unpaired) electrons. The summed E-state index contributed by atoms with van der Waals surface area (Å²) in [4.78, 5) is 14.8. The lowest BCUT2D eigenvalue weighted by atomic mass is 9.65. The predicted molar refractivity (Wildman–Crippen MR) is 192 cm³/mol. The van der Waals surface area contributed by atoms with Crippen LogP contribution in [-0.4, -0.2) is 4.89 Å². The molecule has 6 aromatic rings. The molecule has 6 aromatic carbocycles. The Bertz CT molecular complexity index is 1720. The second-order valence-corrected chi connectivity index (χ2v) is 14.9. The highest BCUT2D eigenvalue weighted by atomic mass is 31.2. The van der Waals surface area contributed by atoms with Crippen LogP contribution in [0.25, 0.3) is 0 Å². The summed E-state index contributed by atoms with van der Waals surface area (Å²) in [6.07, 6.45) is 5.97. The summed E-state index contributed by atoms with van der Waals surface area (Å²) in [5, 5.41) is 2.95. The average molecular weight is 605 g/mol. The molecule has 1 aliphatic carbocycles. The van der Waals surface area contributed by atoms with Gasteiger partial charge in [0.15, 0.2) is 0 Å². The van der Waals surface area contributed by atoms with Crippen molar-refractivity contribution in [3.8, 4) is 0 Å². The van der Waals surface area contributed by atoms with Crippen LogP contribution < -0.4 is 20.8 Å². The van der Waals surface area contributed by atoms with Crippen LogP contribution >= 0.6 is 7.49 Å². The summed E-state index contributed by atoms with van der Waals surface area (Å²) in [6.45, 7) is 0. The molecule has 3 heteroatoms. The standard InChI is InChI=1S/C42H39NOP/c44-45(39-20-10-3-11-21-39,40-22-12-4-13-23-40)41-30-26-35(27-31-41)42(32-14-5-15-33-42)34-24-28-38(29-25-34)43(36-16-6-1-7-17-36)37-18-8-2-9-19-37/h1-4,6-13,16-31,44H,5,14-15,32-33H2/q+1. The smallest absolute Gasteiger partial charge is 0.238 e. The van der Waals surface area contributed by atoms with Gasteiger partial charge in [0.1, 0.15) is 15.9 Å². The summed E-state index contributed by atoms with van der Waals surface area (Å²) in [5.74, 6) is 0. The molecule has 0 saturated heterocycles. The maximum absolute atomic E-state index is 12.5. The van der Waals surface area contributed by atoms with Crippen molar-refractivity contribution in [1.29, 1.82) is 0 Å². The van der Waals surface area contributed by atoms with E-state index in [2.05, 4.69) is 138 Å². The molecule has 222 valence electrons. The molecule has 0 unspecified atom stereocenters. The predicted octanol–water partition coefficient (Wildman–Crippen LogP) is 9.61. The highest BCUT2D eigenvalue weighted by Crippen LogP contribution is 2.52. The fraction of sp³-hybridized carbons (Fsp3) is 0.143. The SMILES string of the molecule is O[P+](c1ccccc1)(c1ccccc1)c1ccc(C2(c3ccc(N(c4ccccc4)c4ccccc4)cc3)CCCCC2)cc1. The Balaban J connectivity index is 1.27. The Morgan fingerprint density at radius 3 is 1.20 bits per heavy atom. The second-order valence-electron chi connectivity index (χ2n) is 12.0. The van der Waals surface area contributed by atoms with Gasteiger partial charge in [-0.25, -0.2) is 4.89 Å². The van der Waals surface area contributed by atoms with Crippen LogP contribution in [0.4, 0.5) is 17.1 Å². The van der Waals surface area contributed by atoms with Crippen molar-refractivity contribution < 1.29 is 4.89 Å². The summed E-state index contributed by atoms with van der Waals surface area (Å²) < 4.78 is 0. The van der Waals surface area contributed by atoms with E-state index in [0.717, 1.165) is 45.8 Å². The fourth-order valence-electron chi connectivity index (χ4n) is 7.16. The number of nitrogens with zero attached hydrogens (tertiary/aromatic N) is 1. The van der Waals surface area contributed by atoms with Crippen LogP contribution in [0, 0.1) is 0 Å². The topological polar surface area (TPSA) is 23.5 Å². The molecule has 1 fully saturated rings. The summed E-state index contributed by atoms with van der Waals surface area (Å²) in [5.41, 5.74) is 6.11. The van der Waals surface area contributed by atoms with E-state index in [1.54, 1.807) is 0 Å². The minimum Gasteiger partial charge on any atom is -0.311 e. The molecule has 1 saturated carbocycles. The van der Waals surface area contributed by atoms with E-state index in [0.29, 0.717) is 0 Å². The van der Waals surface area contributed by atoms with Crippen LogP contribution in [0.3, 0.4) is 0 Å². The van der Waals surface area contributed by atoms with Gasteiger partial charge in [-0.3, -0.25) is 0 Å². The first kappa shape index (κ1) is 29.2. The number of para-hydroxylation sites is 2. The summed E-state index contributed by atoms with van der Waals surface area (Å²) in [7, 11) is -2.76. The number of hydrogen-bond acceptors (Lipinski definition) is 2. The van der Waals surface area contributed by atoms with Crippen LogP contribution in [0.5, 0.6) is 0 Å². The average Bonchev–Trinajstić information content (AvgIpc) is 3.14. The molecule has 1 N–H and O–H groups in total. The zero-order valence-corrected chi connectivity index (χ0v) is 26.4. The molecule has 0 heterocycles. The Morgan fingerprint density at radius 1 is 0.400 bits per heavy atom. The van der Waals surface area contributed by atoms with Crippen LogP contribution in [0.1, 0.15) is 43.2 Å². The van der Waals surface area contributed by atoms with Crippen molar-refractivity contribution in [3.05, 3.63) is 181 Å². The van der Waals surface area contributed by atoms with Gasteiger partial charge < -0.3 is 4.90 Å². The van der Waals surface area contributed by atoms with Gasteiger partial charge >= 0.3 is 0 Å². The number of anilines is 3. The van der Waals surface area contributed by atoms with Crippen molar-refractivity contribution in [2.45, 2.75) is 37.5 Å². The van der Waals surface area contributed by atoms with Crippen molar-refractivity contribution in [1.82, 2.24) is 0 Å². The highest BCUT2D eigenvalue weighted by Gasteiger charge is 2.45. The van der Waals surface area contributed by atoms with Gasteiger partial charge in [-0.1, -0.05) is 116 Å². The van der Waals surface area contributed by atoms with E-state index >= 15 is 0 Å². The molecule has 0 aliphatic heterocycles. The maximum atomic E-state index is 12.5. The molecular formula is C42H39NOP+. The molecule has 7 rings (SSSR count). The third-order valence-corrected chi connectivity index (χ3v) is 12.6. The number of rotatable bonds is 8. The second kappa shape index (κ2) is 12.9. The Kier molecular flexibility index (Phi) is 8.35. The minimum atomic E-state index is -2.76. The Hall–Kier alpha value is -4.49. The van der Waals surface area contributed by atoms with E-state index in [9.17, 15) is 4.89 Å². The van der Waals surface area contributed by atoms with Crippen molar-refractivity contribution >= 4 is 40.5 Å². The van der Waals surface area contributed by atoms with Gasteiger partial charge in [0, 0.05) is 22.5 Å². The third-order valence-electron chi connectivity index (χ3n) is 9.47. The van der Waals surface area contributed by atoms with Gasteiger partial charge in [-0.05, 0) is 96.8 Å². The number of hydrogen-bond donors (Lipinski definition) is 1. The highest BCUT2D eigenvalue weighted by molar-refractivity contribution is 7.91. The van der Waals surface area contributed by atoms with Gasteiger partial charge in [-0.15, -0.1) is 0 Å². The Morgan fingerprint density at radius 2 is 0.756 bits per heavy atom. The van der Waals surface area contributed by atoms with Crippen molar-refractivity contribution in [2.24, 2.45) is 0 Å². The van der Waals surface area contributed by atoms with Crippen LogP contribution in [0.15, 0.2) is 170 Å². The lowest BCUT2D eigenvalue weighted by molar-refractivity contribution is 0.346. The van der Waals surface area contributed by atoms with E-state index in [1.165, 1.54) is 30.4 Å². The van der Waals surface area contributed by atoms with Crippen molar-refractivity contribution in [2.75, 3.05) is 4.90 Å². The lowest BCUT2D eigenvalue weighted by Gasteiger charge is -2.39. The molecule has 1 aliphatic rings. The van der Waals surface area contributed by atoms with Gasteiger partial charge in [0.2, 0.25) is 7.49 Å². The largest absolute Gasteiger partial charge is 0.311 e. The maximum Gasteiger partial charge on any atom is 0.238 e. The zero-order chi connectivity index (χ0) is 30.5. The Labute approximate surface area is 268 Å². The first-order valence-corrected chi connectivity index (χ1v) is 17.8. The van der Waals surface area contributed by atoms with Crippen LogP contribution in [-0.2, 0) is 5.41 Å². The molecule has 0 amide bonds. The zero-order valence-electron chi connectivity index (χ0n) is 25.5. The molecule has 0 aromatic heterocycles. The lowest BCUT2D eigenvalue weighted by Crippen LogP contribution is -2.33. The quantitative estimate of drug-likeness (QED) is 0.175. The molecule has 45 heavy (non-hydrogen) atoms. The first-order valence-electron chi connectivity index (χ1n) is 16.0. The molecule has 0 atom stereocenters. The molecule has 2 nitrogen and oxygen atoms in total. The third kappa shape index (κ3) is 5.61. The van der Waals surface area contributed by atoms with E-state index < -0.39 is 7.49 Å². The van der Waals surface area contributed by atoms with Gasteiger partial charge in [-0.2, -0.15) is 0 Å². The van der Waals surface area contributed by atoms with E-state index in [4.69, 9.17) is 0 Å². The summed E-state index contributed by atoms with van der Waals surface area (Å²) in [6, 6.07) is 59.8.